The Morgan fingerprint density at radius 3 is 1.03 bits per heavy atom. The van der Waals surface area contributed by atoms with E-state index >= 15 is 0 Å². The van der Waals surface area contributed by atoms with Crippen molar-refractivity contribution in [2.45, 2.75) is 128 Å². The lowest BCUT2D eigenvalue weighted by Gasteiger charge is -2.39. The predicted molar refractivity (Wildman–Crippen MR) is 134 cm³/mol. The first-order valence-corrected chi connectivity index (χ1v) is 21.2. The molecule has 4 nitrogen and oxygen atoms in total. The van der Waals surface area contributed by atoms with Crippen LogP contribution >= 0.6 is 0 Å². The highest BCUT2D eigenvalue weighted by molar-refractivity contribution is 6.87. The van der Waals surface area contributed by atoms with Gasteiger partial charge in [0, 0.05) is 13.2 Å². The number of aliphatic hydroxyl groups is 2. The van der Waals surface area contributed by atoms with Crippen LogP contribution in [0.2, 0.25) is 51.4 Å². The number of aliphatic hydroxyl groups excluding tert-OH is 2. The van der Waals surface area contributed by atoms with Crippen LogP contribution in [0.1, 0.15) is 77.0 Å². The average molecular weight is 465 g/mol. The molecule has 2 N–H and O–H groups in total. The summed E-state index contributed by atoms with van der Waals surface area (Å²) < 4.78 is 13.4. The molecule has 0 spiro atoms. The molecule has 0 heterocycles. The summed E-state index contributed by atoms with van der Waals surface area (Å²) in [6, 6.07) is 2.45. The van der Waals surface area contributed by atoms with E-state index in [1.54, 1.807) is 0 Å². The number of unbranched alkanes of at least 4 members (excludes halogenated alkanes) is 10. The van der Waals surface area contributed by atoms with Gasteiger partial charge in [0.15, 0.2) is 16.6 Å². The van der Waals surface area contributed by atoms with Crippen molar-refractivity contribution in [3.8, 4) is 0 Å². The van der Waals surface area contributed by atoms with Crippen LogP contribution in [0.4, 0.5) is 0 Å². The van der Waals surface area contributed by atoms with Crippen LogP contribution in [-0.2, 0) is 8.23 Å². The molecular weight excluding hydrogens is 412 g/mol. The van der Waals surface area contributed by atoms with Crippen molar-refractivity contribution in [1.82, 2.24) is 0 Å². The minimum Gasteiger partial charge on any atom is -0.437 e. The molecule has 7 heteroatoms. The molecule has 0 saturated carbocycles. The maximum atomic E-state index is 8.84. The summed E-state index contributed by atoms with van der Waals surface area (Å²) in [5.74, 6) is 0. The van der Waals surface area contributed by atoms with Gasteiger partial charge in [0.05, 0.1) is 0 Å². The van der Waals surface area contributed by atoms with Crippen LogP contribution < -0.4 is 0 Å². The van der Waals surface area contributed by atoms with Crippen LogP contribution in [-0.4, -0.2) is 48.6 Å². The third-order valence-electron chi connectivity index (χ3n) is 5.42. The minimum atomic E-state index is -2.08. The lowest BCUT2D eigenvalue weighted by atomic mass is 10.1. The second-order valence-corrected chi connectivity index (χ2v) is 22.8. The highest BCUT2D eigenvalue weighted by Crippen LogP contribution is 2.27. The Labute approximate surface area is 185 Å². The summed E-state index contributed by atoms with van der Waals surface area (Å²) in [5, 5.41) is 17.7. The summed E-state index contributed by atoms with van der Waals surface area (Å²) in [6.07, 6.45) is 14.4. The fourth-order valence-corrected chi connectivity index (χ4v) is 18.4. The van der Waals surface area contributed by atoms with Gasteiger partial charge in [-0.1, -0.05) is 64.2 Å². The zero-order valence-electron chi connectivity index (χ0n) is 20.5. The van der Waals surface area contributed by atoms with Gasteiger partial charge in [-0.15, -0.1) is 0 Å². The monoisotopic (exact) mass is 464 g/mol. The smallest absolute Gasteiger partial charge is 0.311 e. The van der Waals surface area contributed by atoms with Crippen molar-refractivity contribution in [2.24, 2.45) is 0 Å². The highest BCUT2D eigenvalue weighted by Gasteiger charge is 2.39. The van der Waals surface area contributed by atoms with E-state index in [-0.39, 0.29) is 0 Å². The SMILES string of the molecule is C[Si](C)(CCCCCCCCO)O[Si](C)(C)O[Si](C)(C)CCCCCCCCO. The molecule has 0 fully saturated rings. The van der Waals surface area contributed by atoms with E-state index in [2.05, 4.69) is 39.3 Å². The Hall–Kier alpha value is 0.491. The second kappa shape index (κ2) is 16.2. The molecule has 0 aliphatic heterocycles. The van der Waals surface area contributed by atoms with Gasteiger partial charge in [-0.25, -0.2) is 0 Å². The van der Waals surface area contributed by atoms with Gasteiger partial charge in [-0.05, 0) is 64.2 Å². The van der Waals surface area contributed by atoms with Crippen molar-refractivity contribution < 1.29 is 18.4 Å². The molecule has 176 valence electrons. The molecule has 0 aromatic rings. The summed E-state index contributed by atoms with van der Waals surface area (Å²) in [5.41, 5.74) is 0. The van der Waals surface area contributed by atoms with E-state index in [1.165, 1.54) is 63.5 Å². The van der Waals surface area contributed by atoms with Crippen molar-refractivity contribution in [3.63, 3.8) is 0 Å². The molecule has 0 amide bonds. The molecule has 0 rings (SSSR count). The molecule has 29 heavy (non-hydrogen) atoms. The molecule has 0 radical (unpaired) electrons. The Kier molecular flexibility index (Phi) is 16.4. The Morgan fingerprint density at radius 1 is 0.448 bits per heavy atom. The van der Waals surface area contributed by atoms with E-state index < -0.39 is 25.2 Å². The number of rotatable bonds is 20. The first-order chi connectivity index (χ1) is 13.5. The highest BCUT2D eigenvalue weighted by atomic mass is 28.5. The Morgan fingerprint density at radius 2 is 0.724 bits per heavy atom. The lowest BCUT2D eigenvalue weighted by molar-refractivity contribution is 0.282. The van der Waals surface area contributed by atoms with Crippen LogP contribution in [0.3, 0.4) is 0 Å². The van der Waals surface area contributed by atoms with Gasteiger partial charge in [-0.2, -0.15) is 0 Å². The molecule has 0 atom stereocenters. The summed E-state index contributed by atoms with van der Waals surface area (Å²) in [6.45, 7) is 14.6. The van der Waals surface area contributed by atoms with Gasteiger partial charge in [0.2, 0.25) is 0 Å². The van der Waals surface area contributed by atoms with Crippen molar-refractivity contribution >= 4 is 25.2 Å². The van der Waals surface area contributed by atoms with Crippen LogP contribution in [0, 0.1) is 0 Å². The molecule has 0 unspecified atom stereocenters. The molecule has 0 saturated heterocycles. The van der Waals surface area contributed by atoms with Crippen molar-refractivity contribution in [2.75, 3.05) is 13.2 Å². The van der Waals surface area contributed by atoms with E-state index in [4.69, 9.17) is 18.4 Å². The fraction of sp³-hybridized carbons (Fsp3) is 1.00. The van der Waals surface area contributed by atoms with Gasteiger partial charge >= 0.3 is 8.56 Å². The van der Waals surface area contributed by atoms with Gasteiger partial charge in [-0.3, -0.25) is 0 Å². The summed E-state index contributed by atoms with van der Waals surface area (Å²) in [7, 11) is -5.42. The number of hydrogen-bond acceptors (Lipinski definition) is 4. The van der Waals surface area contributed by atoms with Crippen molar-refractivity contribution in [3.05, 3.63) is 0 Å². The lowest BCUT2D eigenvalue weighted by Crippen LogP contribution is -2.52. The normalized spacial score (nSPS) is 13.2. The third kappa shape index (κ3) is 18.9. The number of hydrogen-bond donors (Lipinski definition) is 2. The van der Waals surface area contributed by atoms with E-state index in [0.717, 1.165) is 25.7 Å². The zero-order valence-corrected chi connectivity index (χ0v) is 23.5. The largest absolute Gasteiger partial charge is 0.437 e. The van der Waals surface area contributed by atoms with E-state index in [0.29, 0.717) is 13.2 Å². The second-order valence-electron chi connectivity index (χ2n) is 10.3. The van der Waals surface area contributed by atoms with Crippen LogP contribution in [0.25, 0.3) is 0 Å². The topological polar surface area (TPSA) is 58.9 Å². The van der Waals surface area contributed by atoms with Crippen LogP contribution in [0.15, 0.2) is 0 Å². The first-order valence-electron chi connectivity index (χ1n) is 12.2. The quantitative estimate of drug-likeness (QED) is 0.154. The molecular formula is C22H52O4Si3. The molecule has 0 aliphatic rings. The van der Waals surface area contributed by atoms with Crippen LogP contribution in [0.5, 0.6) is 0 Å². The Balaban J connectivity index is 4.11. The zero-order chi connectivity index (χ0) is 22.2. The Bertz CT molecular complexity index is 356. The van der Waals surface area contributed by atoms with Gasteiger partial charge < -0.3 is 18.4 Å². The van der Waals surface area contributed by atoms with E-state index in [9.17, 15) is 0 Å². The summed E-state index contributed by atoms with van der Waals surface area (Å²) in [4.78, 5) is 0. The minimum absolute atomic E-state index is 0.331. The molecule has 0 aromatic carbocycles. The van der Waals surface area contributed by atoms with Gasteiger partial charge in [0.25, 0.3) is 0 Å². The maximum Gasteiger partial charge on any atom is 0.311 e. The van der Waals surface area contributed by atoms with Crippen molar-refractivity contribution in [1.29, 1.82) is 0 Å². The molecule has 0 aliphatic carbocycles. The standard InChI is InChI=1S/C22H52O4Si3/c1-27(2,21-17-13-9-7-11-15-19-23)25-29(5,6)26-28(3,4)22-18-14-10-8-12-16-20-24/h23-24H,7-22H2,1-6H3. The third-order valence-corrected chi connectivity index (χ3v) is 16.9. The first kappa shape index (κ1) is 29.5. The average Bonchev–Trinajstić information content (AvgIpc) is 2.58. The van der Waals surface area contributed by atoms with E-state index in [1.807, 2.05) is 0 Å². The molecule has 0 bridgehead atoms. The van der Waals surface area contributed by atoms with Gasteiger partial charge in [0.1, 0.15) is 0 Å². The predicted octanol–water partition coefficient (Wildman–Crippen LogP) is 6.80. The molecule has 0 aromatic heterocycles. The maximum absolute atomic E-state index is 8.84. The fourth-order valence-electron chi connectivity index (χ4n) is 4.19. The summed E-state index contributed by atoms with van der Waals surface area (Å²) >= 11 is 0.